The van der Waals surface area contributed by atoms with Crippen LogP contribution in [0.25, 0.3) is 5.57 Å². The van der Waals surface area contributed by atoms with E-state index < -0.39 is 0 Å². The fraction of sp³-hybridized carbons (Fsp3) is 0.333. The van der Waals surface area contributed by atoms with Crippen molar-refractivity contribution in [2.45, 2.75) is 13.3 Å². The van der Waals surface area contributed by atoms with E-state index in [0.717, 1.165) is 17.7 Å². The largest absolute Gasteiger partial charge is 0.489 e. The standard InChI is InChI=1S/C12H15NO/c1-2-9-4-3-5-11-10(8-13)6-7-14-12(9)11/h3-6H,2,7-8,13H2,1H3. The molecule has 1 aromatic rings. The van der Waals surface area contributed by atoms with Gasteiger partial charge in [-0.05, 0) is 23.6 Å². The highest BCUT2D eigenvalue weighted by Gasteiger charge is 2.14. The van der Waals surface area contributed by atoms with E-state index in [9.17, 15) is 0 Å². The van der Waals surface area contributed by atoms with E-state index >= 15 is 0 Å². The van der Waals surface area contributed by atoms with Crippen LogP contribution in [0.4, 0.5) is 0 Å². The smallest absolute Gasteiger partial charge is 0.130 e. The van der Waals surface area contributed by atoms with Crippen molar-refractivity contribution >= 4 is 5.57 Å². The molecule has 0 spiro atoms. The zero-order valence-electron chi connectivity index (χ0n) is 8.42. The number of benzene rings is 1. The van der Waals surface area contributed by atoms with Crippen LogP contribution in [-0.2, 0) is 6.42 Å². The van der Waals surface area contributed by atoms with Gasteiger partial charge in [0.2, 0.25) is 0 Å². The normalized spacial score (nSPS) is 14.3. The molecule has 0 atom stereocenters. The van der Waals surface area contributed by atoms with Gasteiger partial charge in [-0.2, -0.15) is 0 Å². The molecule has 14 heavy (non-hydrogen) atoms. The molecule has 0 radical (unpaired) electrons. The molecule has 1 aromatic carbocycles. The molecule has 2 heteroatoms. The predicted octanol–water partition coefficient (Wildman–Crippen LogP) is 1.98. The van der Waals surface area contributed by atoms with Gasteiger partial charge in [-0.1, -0.05) is 25.1 Å². The summed E-state index contributed by atoms with van der Waals surface area (Å²) in [6, 6.07) is 6.25. The van der Waals surface area contributed by atoms with Gasteiger partial charge in [-0.3, -0.25) is 0 Å². The molecule has 0 saturated heterocycles. The van der Waals surface area contributed by atoms with Crippen LogP contribution >= 0.6 is 0 Å². The predicted molar refractivity (Wildman–Crippen MR) is 58.3 cm³/mol. The minimum Gasteiger partial charge on any atom is -0.489 e. The van der Waals surface area contributed by atoms with Gasteiger partial charge in [0.05, 0.1) is 0 Å². The molecule has 1 heterocycles. The monoisotopic (exact) mass is 189 g/mol. The van der Waals surface area contributed by atoms with Gasteiger partial charge in [-0.25, -0.2) is 0 Å². The van der Waals surface area contributed by atoms with E-state index in [1.54, 1.807) is 0 Å². The van der Waals surface area contributed by atoms with Gasteiger partial charge in [0, 0.05) is 12.1 Å². The minimum atomic E-state index is 0.587. The number of hydrogen-bond acceptors (Lipinski definition) is 2. The third-order valence-electron chi connectivity index (χ3n) is 2.60. The highest BCUT2D eigenvalue weighted by Crippen LogP contribution is 2.32. The second kappa shape index (κ2) is 3.84. The Morgan fingerprint density at radius 3 is 3.00 bits per heavy atom. The van der Waals surface area contributed by atoms with Crippen LogP contribution in [0.5, 0.6) is 5.75 Å². The van der Waals surface area contributed by atoms with E-state index in [2.05, 4.69) is 31.2 Å². The van der Waals surface area contributed by atoms with Crippen LogP contribution in [0.1, 0.15) is 18.1 Å². The lowest BCUT2D eigenvalue weighted by molar-refractivity contribution is 0.353. The number of para-hydroxylation sites is 1. The first-order valence-corrected chi connectivity index (χ1v) is 5.01. The van der Waals surface area contributed by atoms with Gasteiger partial charge in [0.15, 0.2) is 0 Å². The summed E-state index contributed by atoms with van der Waals surface area (Å²) in [4.78, 5) is 0. The molecule has 0 aromatic heterocycles. The van der Waals surface area contributed by atoms with Crippen molar-refractivity contribution in [3.8, 4) is 5.75 Å². The van der Waals surface area contributed by atoms with Crippen molar-refractivity contribution in [1.82, 2.24) is 0 Å². The van der Waals surface area contributed by atoms with E-state index in [1.165, 1.54) is 11.1 Å². The average molecular weight is 189 g/mol. The van der Waals surface area contributed by atoms with Crippen LogP contribution in [0.3, 0.4) is 0 Å². The maximum absolute atomic E-state index is 5.69. The highest BCUT2D eigenvalue weighted by atomic mass is 16.5. The zero-order chi connectivity index (χ0) is 9.97. The zero-order valence-corrected chi connectivity index (χ0v) is 8.42. The second-order valence-corrected chi connectivity index (χ2v) is 3.39. The Bertz CT molecular complexity index is 369. The van der Waals surface area contributed by atoms with Gasteiger partial charge < -0.3 is 10.5 Å². The van der Waals surface area contributed by atoms with E-state index in [1.807, 2.05) is 0 Å². The fourth-order valence-corrected chi connectivity index (χ4v) is 1.82. The lowest BCUT2D eigenvalue weighted by atomic mass is 9.98. The van der Waals surface area contributed by atoms with Gasteiger partial charge in [0.1, 0.15) is 12.4 Å². The Kier molecular flexibility index (Phi) is 2.55. The molecule has 0 aliphatic carbocycles. The number of fused-ring (bicyclic) bond motifs is 1. The summed E-state index contributed by atoms with van der Waals surface area (Å²) in [5.74, 6) is 1.03. The van der Waals surface area contributed by atoms with E-state index in [4.69, 9.17) is 10.5 Å². The third-order valence-corrected chi connectivity index (χ3v) is 2.60. The Morgan fingerprint density at radius 2 is 2.29 bits per heavy atom. The van der Waals surface area contributed by atoms with Crippen LogP contribution < -0.4 is 10.5 Å². The first kappa shape index (κ1) is 9.28. The number of nitrogens with two attached hydrogens (primary N) is 1. The molecule has 2 rings (SSSR count). The molecule has 0 fully saturated rings. The maximum atomic E-state index is 5.69. The quantitative estimate of drug-likeness (QED) is 0.772. The summed E-state index contributed by atoms with van der Waals surface area (Å²) < 4.78 is 5.65. The highest BCUT2D eigenvalue weighted by molar-refractivity contribution is 5.74. The fourth-order valence-electron chi connectivity index (χ4n) is 1.82. The minimum absolute atomic E-state index is 0.587. The maximum Gasteiger partial charge on any atom is 0.130 e. The van der Waals surface area contributed by atoms with Crippen molar-refractivity contribution in [2.75, 3.05) is 13.2 Å². The van der Waals surface area contributed by atoms with Gasteiger partial charge in [-0.15, -0.1) is 0 Å². The molecular formula is C12H15NO. The van der Waals surface area contributed by atoms with Crippen molar-refractivity contribution in [3.05, 3.63) is 35.4 Å². The van der Waals surface area contributed by atoms with Crippen molar-refractivity contribution in [1.29, 1.82) is 0 Å². The first-order valence-electron chi connectivity index (χ1n) is 5.01. The van der Waals surface area contributed by atoms with Crippen LogP contribution in [0.15, 0.2) is 24.3 Å². The summed E-state index contributed by atoms with van der Waals surface area (Å²) >= 11 is 0. The van der Waals surface area contributed by atoms with Crippen molar-refractivity contribution < 1.29 is 4.74 Å². The topological polar surface area (TPSA) is 35.2 Å². The number of rotatable bonds is 2. The number of aryl methyl sites for hydroxylation is 1. The molecule has 1 aliphatic heterocycles. The van der Waals surface area contributed by atoms with E-state index in [-0.39, 0.29) is 0 Å². The third kappa shape index (κ3) is 1.42. The van der Waals surface area contributed by atoms with Crippen molar-refractivity contribution in [2.24, 2.45) is 5.73 Å². The molecule has 0 bridgehead atoms. The lowest BCUT2D eigenvalue weighted by Gasteiger charge is -2.20. The van der Waals surface area contributed by atoms with E-state index in [0.29, 0.717) is 13.2 Å². The molecule has 0 amide bonds. The molecule has 2 N–H and O–H groups in total. The van der Waals surface area contributed by atoms with Crippen LogP contribution in [0.2, 0.25) is 0 Å². The summed E-state index contributed by atoms with van der Waals surface area (Å²) in [5.41, 5.74) is 9.31. The van der Waals surface area contributed by atoms with Gasteiger partial charge in [0.25, 0.3) is 0 Å². The van der Waals surface area contributed by atoms with Crippen LogP contribution in [-0.4, -0.2) is 13.2 Å². The molecule has 1 aliphatic rings. The molecule has 0 saturated carbocycles. The SMILES string of the molecule is CCc1cccc2c1OCC=C2CN. The molecule has 0 unspecified atom stereocenters. The van der Waals surface area contributed by atoms with Crippen LogP contribution in [0, 0.1) is 0 Å². The average Bonchev–Trinajstić information content (AvgIpc) is 2.27. The van der Waals surface area contributed by atoms with Crippen molar-refractivity contribution in [3.63, 3.8) is 0 Å². The molecule has 2 nitrogen and oxygen atoms in total. The Labute approximate surface area is 84.4 Å². The summed E-state index contributed by atoms with van der Waals surface area (Å²) in [5, 5.41) is 0. The van der Waals surface area contributed by atoms with Gasteiger partial charge >= 0.3 is 0 Å². The summed E-state index contributed by atoms with van der Waals surface area (Å²) in [6.07, 6.45) is 3.06. The number of ether oxygens (including phenoxy) is 1. The lowest BCUT2D eigenvalue weighted by Crippen LogP contribution is -2.12. The Balaban J connectivity index is 2.52. The summed E-state index contributed by atoms with van der Waals surface area (Å²) in [6.45, 7) is 3.37. The Hall–Kier alpha value is -1.28. The molecule has 74 valence electrons. The summed E-state index contributed by atoms with van der Waals surface area (Å²) in [7, 11) is 0. The first-order chi connectivity index (χ1) is 6.86. The number of hydrogen-bond donors (Lipinski definition) is 1. The molecular weight excluding hydrogens is 174 g/mol. The second-order valence-electron chi connectivity index (χ2n) is 3.39. The Morgan fingerprint density at radius 1 is 1.43 bits per heavy atom.